The van der Waals surface area contributed by atoms with Crippen molar-refractivity contribution in [3.05, 3.63) is 209 Å². The van der Waals surface area contributed by atoms with Crippen LogP contribution in [-0.2, 0) is 49.4 Å². The first-order chi connectivity index (χ1) is 37.6. The largest absolute Gasteiger partial charge is 0.516 e. The Morgan fingerprint density at radius 1 is 0.225 bits per heavy atom. The van der Waals surface area contributed by atoms with Gasteiger partial charge in [0.1, 0.15) is 0 Å². The number of benzene rings is 7. The van der Waals surface area contributed by atoms with Gasteiger partial charge in [-0.05, 0) is 146 Å². The molecule has 12 nitrogen and oxygen atoms in total. The van der Waals surface area contributed by atoms with E-state index in [-0.39, 0.29) is 0 Å². The second kappa shape index (κ2) is 21.7. The van der Waals surface area contributed by atoms with Gasteiger partial charge in [-0.3, -0.25) is 0 Å². The third-order valence-electron chi connectivity index (χ3n) is 14.1. The van der Waals surface area contributed by atoms with Crippen LogP contribution in [0.3, 0.4) is 0 Å². The third-order valence-corrected chi connectivity index (χ3v) is 52.5. The first-order valence-electron chi connectivity index (χ1n) is 27.4. The van der Waals surface area contributed by atoms with Crippen LogP contribution in [0.1, 0.15) is 38.9 Å². The maximum atomic E-state index is 8.67. The van der Waals surface area contributed by atoms with Crippen molar-refractivity contribution in [2.45, 2.75) is 107 Å². The molecule has 7 aromatic carbocycles. The van der Waals surface area contributed by atoms with E-state index in [9.17, 15) is 0 Å². The predicted octanol–water partition coefficient (Wildman–Crippen LogP) is 8.81. The molecule has 420 valence electrons. The summed E-state index contributed by atoms with van der Waals surface area (Å²) in [6.45, 7) is 33.8. The Bertz CT molecular complexity index is 3100. The number of hydrogen-bond acceptors (Lipinski definition) is 12. The maximum absolute atomic E-state index is 8.67. The molecule has 3 saturated heterocycles. The highest BCUT2D eigenvalue weighted by molar-refractivity contribution is 7.12. The van der Waals surface area contributed by atoms with Crippen molar-refractivity contribution >= 4 is 123 Å². The van der Waals surface area contributed by atoms with Crippen LogP contribution in [0.25, 0.3) is 0 Å². The Morgan fingerprint density at radius 3 is 0.537 bits per heavy atom. The maximum Gasteiger partial charge on any atom is 0.516 e. The SMILES string of the molecule is Cc1ccccc1[Si]1(O[Si](C)(C)C)O[Si]2(c3ccccc3C)O[Si](O[Si](C)(C)C)(c3ccccc3C)O[Si]3(c4ccccc4C)O[Si](O[Si](C)(C)C)(c4ccccc4C)O[Si](c4ccccc4C)(O1)O[Si](c1ccccc1C)(O2)O3. The molecule has 3 aliphatic heterocycles. The number of hydrogen-bond donors (Lipinski definition) is 0. The number of rotatable bonds is 13. The number of aryl methyl sites for hydroxylation is 7. The molecule has 4 bridgehead atoms. The molecule has 22 heteroatoms. The molecule has 3 fully saturated rings. The van der Waals surface area contributed by atoms with Gasteiger partial charge in [0.05, 0.1) is 0 Å². The van der Waals surface area contributed by atoms with Gasteiger partial charge < -0.3 is 49.4 Å². The van der Waals surface area contributed by atoms with Crippen LogP contribution in [0.4, 0.5) is 0 Å². The van der Waals surface area contributed by atoms with E-state index < -0.39 is 86.6 Å². The van der Waals surface area contributed by atoms with Gasteiger partial charge in [0.25, 0.3) is 0 Å². The zero-order valence-corrected chi connectivity index (χ0v) is 59.1. The Hall–Kier alpha value is -3.77. The van der Waals surface area contributed by atoms with Crippen molar-refractivity contribution < 1.29 is 49.4 Å². The van der Waals surface area contributed by atoms with Gasteiger partial charge >= 0.3 is 61.6 Å². The molecule has 0 aromatic heterocycles. The molecule has 0 unspecified atom stereocenters. The highest BCUT2D eigenvalue weighted by Crippen LogP contribution is 2.46. The lowest BCUT2D eigenvalue weighted by atomic mass is 10.2. The molecule has 3 aliphatic rings. The standard InChI is InChI=1S/C58H76O12Si10/c1-45-31-17-24-38-52(45)74(59-71(8,9)10)62-77(55-41-27-20-34-48(55)4)64-75(60-72(11,12)13,53-39-25-18-32-46(53)2)66-79(57-43-29-22-36-50(57)6)67-76(61-73(14,15)16,54-40-26-19-33-47(54)3)65-78(63-74,56-42-28-21-35-49(56)5)69-80(68-77,70-79)58-44-30-23-37-51(58)7/h17-44H,1-16H3. The first kappa shape index (κ1) is 59.4. The minimum Gasteiger partial charge on any atom is -0.413 e. The summed E-state index contributed by atoms with van der Waals surface area (Å²) in [5.74, 6) is 0. The highest BCUT2D eigenvalue weighted by Gasteiger charge is 2.82. The molecule has 3 heterocycles. The summed E-state index contributed by atoms with van der Waals surface area (Å²) in [4.78, 5) is 0. The van der Waals surface area contributed by atoms with Crippen molar-refractivity contribution in [1.29, 1.82) is 0 Å². The summed E-state index contributed by atoms with van der Waals surface area (Å²) in [7, 11) is -42.9. The van der Waals surface area contributed by atoms with Crippen LogP contribution in [0.2, 0.25) is 58.9 Å². The molecular weight excluding hydrogens is 1170 g/mol. The number of fused-ring (bicyclic) bond motifs is 3. The topological polar surface area (TPSA) is 111 Å². The van der Waals surface area contributed by atoms with Crippen molar-refractivity contribution in [2.75, 3.05) is 0 Å². The quantitative estimate of drug-likeness (QED) is 0.103. The van der Waals surface area contributed by atoms with Gasteiger partial charge in [-0.2, -0.15) is 0 Å². The molecule has 0 aliphatic carbocycles. The van der Waals surface area contributed by atoms with E-state index in [0.717, 1.165) is 38.9 Å². The summed E-state index contributed by atoms with van der Waals surface area (Å²) in [5.41, 5.74) is 5.97. The lowest BCUT2D eigenvalue weighted by molar-refractivity contribution is 0.0385. The van der Waals surface area contributed by atoms with Crippen LogP contribution in [0.15, 0.2) is 170 Å². The normalized spacial score (nSPS) is 28.3. The average molecular weight is 1250 g/mol. The van der Waals surface area contributed by atoms with Gasteiger partial charge in [0, 0.05) is 36.3 Å². The monoisotopic (exact) mass is 1240 g/mol. The molecule has 0 spiro atoms. The smallest absolute Gasteiger partial charge is 0.413 e. The van der Waals surface area contributed by atoms with E-state index in [4.69, 9.17) is 49.4 Å². The van der Waals surface area contributed by atoms with E-state index in [1.165, 1.54) is 0 Å². The van der Waals surface area contributed by atoms with Crippen LogP contribution in [-0.4, -0.2) is 86.6 Å². The van der Waals surface area contributed by atoms with Gasteiger partial charge in [-0.1, -0.05) is 170 Å². The molecule has 7 aromatic rings. The zero-order chi connectivity index (χ0) is 57.4. The van der Waals surface area contributed by atoms with Crippen molar-refractivity contribution in [2.24, 2.45) is 0 Å². The summed E-state index contributed by atoms with van der Waals surface area (Å²) in [6, 6.07) is 56.8. The molecule has 10 rings (SSSR count). The average Bonchev–Trinajstić information content (AvgIpc) is 3.28. The van der Waals surface area contributed by atoms with Crippen molar-refractivity contribution in [3.63, 3.8) is 0 Å². The van der Waals surface area contributed by atoms with Crippen LogP contribution in [0.5, 0.6) is 0 Å². The second-order valence-electron chi connectivity index (χ2n) is 24.2. The van der Waals surface area contributed by atoms with Crippen LogP contribution < -0.4 is 36.3 Å². The first-order valence-corrected chi connectivity index (χ1v) is 49.7. The highest BCUT2D eigenvalue weighted by atomic mass is 28.6. The molecule has 0 atom stereocenters. The fraction of sp³-hybridized carbons (Fsp3) is 0.276. The third kappa shape index (κ3) is 11.4. The van der Waals surface area contributed by atoms with Crippen LogP contribution in [0, 0.1) is 48.5 Å². The van der Waals surface area contributed by atoms with E-state index in [1.807, 2.05) is 109 Å². The Labute approximate surface area is 485 Å². The lowest BCUT2D eigenvalue weighted by Gasteiger charge is -2.59. The fourth-order valence-electron chi connectivity index (χ4n) is 10.8. The van der Waals surface area contributed by atoms with E-state index in [1.54, 1.807) is 0 Å². The van der Waals surface area contributed by atoms with Crippen molar-refractivity contribution in [1.82, 2.24) is 0 Å². The van der Waals surface area contributed by atoms with E-state index >= 15 is 0 Å². The summed E-state index contributed by atoms with van der Waals surface area (Å²) in [6.07, 6.45) is 0. The minimum absolute atomic E-state index is 0.636. The minimum atomic E-state index is -4.99. The van der Waals surface area contributed by atoms with Gasteiger partial charge in [0.15, 0.2) is 25.0 Å². The van der Waals surface area contributed by atoms with Gasteiger partial charge in [0.2, 0.25) is 0 Å². The lowest BCUT2D eigenvalue weighted by Crippen LogP contribution is -2.92. The predicted molar refractivity (Wildman–Crippen MR) is 339 cm³/mol. The Kier molecular flexibility index (Phi) is 16.1. The van der Waals surface area contributed by atoms with E-state index in [2.05, 4.69) is 168 Å². The van der Waals surface area contributed by atoms with Gasteiger partial charge in [-0.25, -0.2) is 0 Å². The van der Waals surface area contributed by atoms with Crippen molar-refractivity contribution in [3.8, 4) is 0 Å². The molecular formula is C58H76O12Si10. The van der Waals surface area contributed by atoms with Crippen LogP contribution >= 0.6 is 0 Å². The zero-order valence-electron chi connectivity index (χ0n) is 49.1. The molecule has 0 radical (unpaired) electrons. The Balaban J connectivity index is 1.53. The fourth-order valence-corrected chi connectivity index (χ4v) is 59.9. The second-order valence-corrected chi connectivity index (χ2v) is 58.2. The summed E-state index contributed by atoms with van der Waals surface area (Å²) in [5, 5.41) is 4.69. The molecule has 0 saturated carbocycles. The molecule has 80 heavy (non-hydrogen) atoms. The summed E-state index contributed by atoms with van der Waals surface area (Å²) >= 11 is 0. The Morgan fingerprint density at radius 2 is 0.375 bits per heavy atom. The molecule has 0 N–H and O–H groups in total. The summed E-state index contributed by atoms with van der Waals surface area (Å²) < 4.78 is 102. The van der Waals surface area contributed by atoms with Gasteiger partial charge in [-0.15, -0.1) is 0 Å². The van der Waals surface area contributed by atoms with E-state index in [0.29, 0.717) is 36.3 Å². The molecule has 0 amide bonds.